The highest BCUT2D eigenvalue weighted by molar-refractivity contribution is 5.44. The minimum atomic E-state index is 0.522. The Hall–Kier alpha value is -1.90. The second-order valence-electron chi connectivity index (χ2n) is 5.76. The van der Waals surface area contributed by atoms with Gasteiger partial charge in [-0.25, -0.2) is 9.97 Å². The van der Waals surface area contributed by atoms with Crippen molar-refractivity contribution in [2.75, 3.05) is 11.4 Å². The Balaban J connectivity index is 1.85. The number of rotatable bonds is 2. The van der Waals surface area contributed by atoms with E-state index in [9.17, 15) is 0 Å². The lowest BCUT2D eigenvalue weighted by Crippen LogP contribution is -2.28. The van der Waals surface area contributed by atoms with Crippen LogP contribution in [0.4, 0.5) is 5.82 Å². The Morgan fingerprint density at radius 1 is 1.10 bits per heavy atom. The summed E-state index contributed by atoms with van der Waals surface area (Å²) in [6, 6.07) is 13.4. The van der Waals surface area contributed by atoms with Crippen molar-refractivity contribution >= 4 is 5.82 Å². The quantitative estimate of drug-likeness (QED) is 0.834. The van der Waals surface area contributed by atoms with Gasteiger partial charge in [-0.15, -0.1) is 0 Å². The standard InChI is InChI=1S/C17H21N3/c1-12-9-17(19-14(3)18-12)20-11-16(10-13(20)2)15-7-5-4-6-8-15/h4-9,13,16H,10-11H2,1-3H3. The van der Waals surface area contributed by atoms with Gasteiger partial charge in [-0.1, -0.05) is 30.3 Å². The molecule has 1 aromatic heterocycles. The Morgan fingerprint density at radius 2 is 1.85 bits per heavy atom. The molecule has 1 saturated heterocycles. The van der Waals surface area contributed by atoms with Crippen LogP contribution in [0.3, 0.4) is 0 Å². The summed E-state index contributed by atoms with van der Waals surface area (Å²) in [4.78, 5) is 11.4. The van der Waals surface area contributed by atoms with Gasteiger partial charge in [-0.3, -0.25) is 0 Å². The normalized spacial score (nSPS) is 22.2. The van der Waals surface area contributed by atoms with Crippen LogP contribution in [-0.4, -0.2) is 22.6 Å². The molecule has 0 saturated carbocycles. The Morgan fingerprint density at radius 3 is 2.55 bits per heavy atom. The van der Waals surface area contributed by atoms with Gasteiger partial charge in [0, 0.05) is 30.3 Å². The molecule has 2 aromatic rings. The molecule has 3 heteroatoms. The van der Waals surface area contributed by atoms with E-state index in [4.69, 9.17) is 0 Å². The zero-order chi connectivity index (χ0) is 14.1. The van der Waals surface area contributed by atoms with Gasteiger partial charge in [0.25, 0.3) is 0 Å². The second kappa shape index (κ2) is 5.23. The van der Waals surface area contributed by atoms with Crippen LogP contribution in [0.25, 0.3) is 0 Å². The smallest absolute Gasteiger partial charge is 0.132 e. The van der Waals surface area contributed by atoms with Crippen molar-refractivity contribution in [3.05, 3.63) is 53.5 Å². The van der Waals surface area contributed by atoms with Gasteiger partial charge in [0.1, 0.15) is 11.6 Å². The summed E-state index contributed by atoms with van der Waals surface area (Å²) >= 11 is 0. The molecule has 1 aliphatic heterocycles. The summed E-state index contributed by atoms with van der Waals surface area (Å²) in [6.07, 6.45) is 1.19. The summed E-state index contributed by atoms with van der Waals surface area (Å²) in [5.41, 5.74) is 2.48. The van der Waals surface area contributed by atoms with Crippen LogP contribution in [0.2, 0.25) is 0 Å². The van der Waals surface area contributed by atoms with Crippen molar-refractivity contribution in [2.24, 2.45) is 0 Å². The maximum absolute atomic E-state index is 4.61. The number of aromatic nitrogens is 2. The average molecular weight is 267 g/mol. The van der Waals surface area contributed by atoms with Crippen LogP contribution in [-0.2, 0) is 0 Å². The highest BCUT2D eigenvalue weighted by Gasteiger charge is 2.30. The summed E-state index contributed by atoms with van der Waals surface area (Å²) in [7, 11) is 0. The molecule has 0 radical (unpaired) electrons. The molecule has 1 fully saturated rings. The van der Waals surface area contributed by atoms with Gasteiger partial charge in [0.2, 0.25) is 0 Å². The first-order valence-corrected chi connectivity index (χ1v) is 7.27. The Kier molecular flexibility index (Phi) is 3.43. The number of aryl methyl sites for hydroxylation is 2. The number of benzene rings is 1. The highest BCUT2D eigenvalue weighted by atomic mass is 15.2. The van der Waals surface area contributed by atoms with E-state index in [0.29, 0.717) is 12.0 Å². The largest absolute Gasteiger partial charge is 0.353 e. The van der Waals surface area contributed by atoms with Crippen molar-refractivity contribution in [1.29, 1.82) is 0 Å². The summed E-state index contributed by atoms with van der Waals surface area (Å²) in [5, 5.41) is 0. The van der Waals surface area contributed by atoms with E-state index in [0.717, 1.165) is 23.9 Å². The topological polar surface area (TPSA) is 29.0 Å². The van der Waals surface area contributed by atoms with Crippen LogP contribution in [0.15, 0.2) is 36.4 Å². The molecule has 2 heterocycles. The van der Waals surface area contributed by atoms with Crippen LogP contribution < -0.4 is 4.90 Å². The molecule has 1 aromatic carbocycles. The minimum absolute atomic E-state index is 0.522. The van der Waals surface area contributed by atoms with Crippen LogP contribution in [0, 0.1) is 13.8 Å². The zero-order valence-corrected chi connectivity index (χ0v) is 12.4. The lowest BCUT2D eigenvalue weighted by molar-refractivity contribution is 0.695. The molecule has 2 atom stereocenters. The van der Waals surface area contributed by atoms with Crippen LogP contribution in [0.1, 0.15) is 36.3 Å². The molecule has 1 aliphatic rings. The molecule has 20 heavy (non-hydrogen) atoms. The molecule has 0 amide bonds. The van der Waals surface area contributed by atoms with Crippen molar-refractivity contribution < 1.29 is 0 Å². The Bertz CT molecular complexity index is 574. The minimum Gasteiger partial charge on any atom is -0.353 e. The van der Waals surface area contributed by atoms with Gasteiger partial charge in [0.05, 0.1) is 0 Å². The maximum Gasteiger partial charge on any atom is 0.132 e. The van der Waals surface area contributed by atoms with Gasteiger partial charge < -0.3 is 4.90 Å². The molecule has 0 N–H and O–H groups in total. The van der Waals surface area contributed by atoms with Gasteiger partial charge in [-0.05, 0) is 32.8 Å². The van der Waals surface area contributed by atoms with E-state index in [1.54, 1.807) is 0 Å². The molecule has 0 bridgehead atoms. The first kappa shape index (κ1) is 13.1. The molecule has 0 spiro atoms. The summed E-state index contributed by atoms with van der Waals surface area (Å²) in [6.45, 7) is 7.33. The fourth-order valence-electron chi connectivity index (χ4n) is 3.16. The monoisotopic (exact) mass is 267 g/mol. The first-order valence-electron chi connectivity index (χ1n) is 7.27. The van der Waals surface area contributed by atoms with Crippen molar-refractivity contribution in [3.63, 3.8) is 0 Å². The molecular weight excluding hydrogens is 246 g/mol. The number of nitrogens with zero attached hydrogens (tertiary/aromatic N) is 3. The maximum atomic E-state index is 4.61. The molecule has 3 nitrogen and oxygen atoms in total. The highest BCUT2D eigenvalue weighted by Crippen LogP contribution is 2.34. The van der Waals surface area contributed by atoms with Crippen molar-refractivity contribution in [3.8, 4) is 0 Å². The predicted octanol–water partition coefficient (Wildman–Crippen LogP) is 3.48. The van der Waals surface area contributed by atoms with Gasteiger partial charge in [0.15, 0.2) is 0 Å². The third-order valence-electron chi connectivity index (χ3n) is 4.09. The van der Waals surface area contributed by atoms with Crippen LogP contribution in [0.5, 0.6) is 0 Å². The van der Waals surface area contributed by atoms with E-state index in [-0.39, 0.29) is 0 Å². The average Bonchev–Trinajstić information content (AvgIpc) is 2.81. The molecule has 0 aliphatic carbocycles. The lowest BCUT2D eigenvalue weighted by atomic mass is 9.97. The third-order valence-corrected chi connectivity index (χ3v) is 4.09. The van der Waals surface area contributed by atoms with E-state index >= 15 is 0 Å². The fourth-order valence-corrected chi connectivity index (χ4v) is 3.16. The SMILES string of the molecule is Cc1cc(N2CC(c3ccccc3)CC2C)nc(C)n1. The summed E-state index contributed by atoms with van der Waals surface area (Å²) < 4.78 is 0. The van der Waals surface area contributed by atoms with Crippen molar-refractivity contribution in [1.82, 2.24) is 9.97 Å². The van der Waals surface area contributed by atoms with Gasteiger partial charge >= 0.3 is 0 Å². The number of anilines is 1. The molecule has 3 rings (SSSR count). The lowest BCUT2D eigenvalue weighted by Gasteiger charge is -2.23. The third kappa shape index (κ3) is 2.53. The predicted molar refractivity (Wildman–Crippen MR) is 82.1 cm³/mol. The summed E-state index contributed by atoms with van der Waals surface area (Å²) in [5.74, 6) is 2.53. The van der Waals surface area contributed by atoms with E-state index in [1.165, 1.54) is 12.0 Å². The Labute approximate surface area is 120 Å². The van der Waals surface area contributed by atoms with E-state index < -0.39 is 0 Å². The second-order valence-corrected chi connectivity index (χ2v) is 5.76. The van der Waals surface area contributed by atoms with Gasteiger partial charge in [-0.2, -0.15) is 0 Å². The van der Waals surface area contributed by atoms with E-state index in [1.807, 2.05) is 13.8 Å². The number of hydrogen-bond donors (Lipinski definition) is 0. The zero-order valence-electron chi connectivity index (χ0n) is 12.4. The molecule has 2 unspecified atom stereocenters. The number of hydrogen-bond acceptors (Lipinski definition) is 3. The first-order chi connectivity index (χ1) is 9.63. The molecule has 104 valence electrons. The van der Waals surface area contributed by atoms with E-state index in [2.05, 4.69) is 58.2 Å². The fraction of sp³-hybridized carbons (Fsp3) is 0.412. The molecular formula is C17H21N3. The van der Waals surface area contributed by atoms with Crippen LogP contribution >= 0.6 is 0 Å². The van der Waals surface area contributed by atoms with Crippen molar-refractivity contribution in [2.45, 2.75) is 39.2 Å².